The summed E-state index contributed by atoms with van der Waals surface area (Å²) in [6.07, 6.45) is 8.69. The quantitative estimate of drug-likeness (QED) is 0.210. The van der Waals surface area contributed by atoms with Crippen LogP contribution in [-0.4, -0.2) is 40.9 Å². The maximum absolute atomic E-state index is 11.8. The highest BCUT2D eigenvalue weighted by molar-refractivity contribution is 5.90. The Kier molecular flexibility index (Phi) is 9.19. The fraction of sp³-hybridized carbons (Fsp3) is 0.206. The molecule has 41 heavy (non-hydrogen) atoms. The molecular formula is C34H35N5O2. The van der Waals surface area contributed by atoms with Crippen LogP contribution in [0.15, 0.2) is 104 Å². The van der Waals surface area contributed by atoms with Gasteiger partial charge in [0.1, 0.15) is 5.75 Å². The Morgan fingerprint density at radius 2 is 1.95 bits per heavy atom. The maximum atomic E-state index is 11.8. The molecule has 0 saturated heterocycles. The van der Waals surface area contributed by atoms with Crippen molar-refractivity contribution in [1.82, 2.24) is 14.9 Å². The smallest absolute Gasteiger partial charge is 0.227 e. The third kappa shape index (κ3) is 8.13. The highest BCUT2D eigenvalue weighted by atomic mass is 16.5. The van der Waals surface area contributed by atoms with Gasteiger partial charge in [-0.15, -0.1) is 0 Å². The summed E-state index contributed by atoms with van der Waals surface area (Å²) < 4.78 is 5.97. The molecule has 0 saturated carbocycles. The highest BCUT2D eigenvalue weighted by Crippen LogP contribution is 2.26. The second-order valence-corrected chi connectivity index (χ2v) is 10.2. The zero-order valence-electron chi connectivity index (χ0n) is 23.3. The van der Waals surface area contributed by atoms with Crippen LogP contribution in [-0.2, 0) is 24.3 Å². The number of anilines is 3. The summed E-state index contributed by atoms with van der Waals surface area (Å²) in [4.78, 5) is 23.4. The van der Waals surface area contributed by atoms with Gasteiger partial charge in [0.25, 0.3) is 0 Å². The number of likely N-dealkylation sites (N-methyl/N-ethyl adjacent to an activating group) is 1. The van der Waals surface area contributed by atoms with Crippen molar-refractivity contribution in [2.24, 2.45) is 0 Å². The van der Waals surface area contributed by atoms with E-state index in [1.807, 2.05) is 42.5 Å². The van der Waals surface area contributed by atoms with E-state index < -0.39 is 0 Å². The number of ketones is 1. The van der Waals surface area contributed by atoms with Gasteiger partial charge in [-0.25, -0.2) is 9.97 Å². The van der Waals surface area contributed by atoms with Crippen molar-refractivity contribution in [3.63, 3.8) is 0 Å². The fourth-order valence-corrected chi connectivity index (χ4v) is 4.73. The van der Waals surface area contributed by atoms with E-state index in [2.05, 4.69) is 76.6 Å². The van der Waals surface area contributed by atoms with Gasteiger partial charge in [0.2, 0.25) is 5.95 Å². The van der Waals surface area contributed by atoms with Crippen LogP contribution < -0.4 is 15.4 Å². The lowest BCUT2D eigenvalue weighted by atomic mass is 10.1. The topological polar surface area (TPSA) is 79.4 Å². The van der Waals surface area contributed by atoms with Gasteiger partial charge in [0.05, 0.1) is 12.3 Å². The summed E-state index contributed by atoms with van der Waals surface area (Å²) in [7, 11) is 2.11. The molecule has 3 aromatic carbocycles. The number of fused-ring (bicyclic) bond motifs is 7. The lowest BCUT2D eigenvalue weighted by molar-refractivity contribution is -0.114. The number of carbonyl (C=O) groups is 1. The van der Waals surface area contributed by atoms with Crippen molar-refractivity contribution in [3.05, 3.63) is 120 Å². The Hall–Kier alpha value is -4.75. The lowest BCUT2D eigenvalue weighted by Gasteiger charge is -2.18. The van der Waals surface area contributed by atoms with Crippen LogP contribution in [0, 0.1) is 0 Å². The maximum Gasteiger partial charge on any atom is 0.227 e. The number of carbonyl (C=O) groups excluding carboxylic acids is 1. The van der Waals surface area contributed by atoms with Gasteiger partial charge in [0.15, 0.2) is 5.78 Å². The van der Waals surface area contributed by atoms with E-state index in [1.165, 1.54) is 6.08 Å². The number of allylic oxidation sites excluding steroid dienone is 1. The van der Waals surface area contributed by atoms with Crippen LogP contribution in [0.3, 0.4) is 0 Å². The molecule has 0 radical (unpaired) electrons. The molecule has 1 aliphatic heterocycles. The average molecular weight is 546 g/mol. The largest absolute Gasteiger partial charge is 0.493 e. The standard InChI is InChI=1S/C34H35N5O2/c1-3-31(40)20-25-9-7-10-26(17-25)23-36-29-18-27-19-30(22-29)37-34-35-14-13-33(38-34)28-11-8-12-32(21-28)41-16-6-4-5-15-39(2)24-27/h3-5,7-14,17-19,21-22,36H,1,6,15-16,20,23-24H2,2H3,(H,35,37,38)/b5-4+. The molecule has 6 bridgehead atoms. The minimum absolute atomic E-state index is 0.0157. The number of nitrogens with one attached hydrogen (secondary N) is 2. The first-order valence-electron chi connectivity index (χ1n) is 13.8. The van der Waals surface area contributed by atoms with Crippen LogP contribution in [0.2, 0.25) is 0 Å². The summed E-state index contributed by atoms with van der Waals surface area (Å²) in [5, 5.41) is 6.98. The molecule has 0 aliphatic carbocycles. The normalized spacial score (nSPS) is 14.5. The first-order valence-corrected chi connectivity index (χ1v) is 13.8. The molecule has 5 rings (SSSR count). The molecule has 0 atom stereocenters. The number of hydrogen-bond donors (Lipinski definition) is 2. The highest BCUT2D eigenvalue weighted by Gasteiger charge is 2.09. The number of aromatic nitrogens is 2. The Morgan fingerprint density at radius 1 is 1.07 bits per heavy atom. The summed E-state index contributed by atoms with van der Waals surface area (Å²) in [5.74, 6) is 1.36. The number of hydrogen-bond acceptors (Lipinski definition) is 7. The molecule has 2 N–H and O–H groups in total. The van der Waals surface area contributed by atoms with Crippen molar-refractivity contribution in [2.45, 2.75) is 25.9 Å². The third-order valence-electron chi connectivity index (χ3n) is 6.72. The van der Waals surface area contributed by atoms with E-state index >= 15 is 0 Å². The van der Waals surface area contributed by atoms with Crippen LogP contribution in [0.4, 0.5) is 17.3 Å². The third-order valence-corrected chi connectivity index (χ3v) is 6.72. The molecule has 7 heteroatoms. The Balaban J connectivity index is 1.42. The Morgan fingerprint density at radius 3 is 2.85 bits per heavy atom. The second kappa shape index (κ2) is 13.5. The van der Waals surface area contributed by atoms with E-state index in [0.717, 1.165) is 64.6 Å². The average Bonchev–Trinajstić information content (AvgIpc) is 2.98. The lowest BCUT2D eigenvalue weighted by Crippen LogP contribution is -2.18. The molecule has 4 aromatic rings. The number of rotatable bonds is 6. The molecule has 0 unspecified atom stereocenters. The van der Waals surface area contributed by atoms with Crippen molar-refractivity contribution >= 4 is 23.1 Å². The summed E-state index contributed by atoms with van der Waals surface area (Å²) in [5.41, 5.74) is 6.91. The molecule has 2 heterocycles. The van der Waals surface area contributed by atoms with Gasteiger partial charge >= 0.3 is 0 Å². The van der Waals surface area contributed by atoms with Gasteiger partial charge < -0.3 is 15.4 Å². The van der Waals surface area contributed by atoms with Crippen molar-refractivity contribution in [3.8, 4) is 17.0 Å². The minimum Gasteiger partial charge on any atom is -0.493 e. The number of nitrogens with zero attached hydrogens (tertiary/aromatic N) is 3. The zero-order valence-corrected chi connectivity index (χ0v) is 23.3. The summed E-state index contributed by atoms with van der Waals surface area (Å²) in [6, 6.07) is 24.4. The van der Waals surface area contributed by atoms with E-state index in [1.54, 1.807) is 6.20 Å². The first-order chi connectivity index (χ1) is 20.0. The molecule has 1 aromatic heterocycles. The Bertz CT molecular complexity index is 1550. The van der Waals surface area contributed by atoms with Gasteiger partial charge in [-0.3, -0.25) is 9.69 Å². The zero-order chi connectivity index (χ0) is 28.4. The van der Waals surface area contributed by atoms with E-state index in [0.29, 0.717) is 25.5 Å². The number of benzene rings is 3. The van der Waals surface area contributed by atoms with Crippen molar-refractivity contribution in [2.75, 3.05) is 30.8 Å². The van der Waals surface area contributed by atoms with Gasteiger partial charge in [-0.2, -0.15) is 0 Å². The number of ether oxygens (including phenoxy) is 1. The molecule has 1 aliphatic rings. The monoisotopic (exact) mass is 545 g/mol. The second-order valence-electron chi connectivity index (χ2n) is 10.2. The van der Waals surface area contributed by atoms with E-state index in [-0.39, 0.29) is 5.78 Å². The molecule has 0 amide bonds. The van der Waals surface area contributed by atoms with Crippen LogP contribution in [0.1, 0.15) is 23.1 Å². The van der Waals surface area contributed by atoms with Crippen LogP contribution in [0.5, 0.6) is 5.75 Å². The van der Waals surface area contributed by atoms with Crippen LogP contribution >= 0.6 is 0 Å². The predicted molar refractivity (Wildman–Crippen MR) is 165 cm³/mol. The van der Waals surface area contributed by atoms with Crippen molar-refractivity contribution < 1.29 is 9.53 Å². The SMILES string of the molecule is C=CC(=O)Cc1cccc(CNc2cc3cc(c2)Nc2nccc(n2)-c2cccc(c2)OCC/C=C/CN(C)C3)c1. The minimum atomic E-state index is 0.0157. The van der Waals surface area contributed by atoms with E-state index in [4.69, 9.17) is 9.72 Å². The summed E-state index contributed by atoms with van der Waals surface area (Å²) in [6.45, 7) is 6.43. The van der Waals surface area contributed by atoms with Gasteiger partial charge in [-0.05, 0) is 72.6 Å². The molecule has 0 spiro atoms. The van der Waals surface area contributed by atoms with E-state index in [9.17, 15) is 4.79 Å². The van der Waals surface area contributed by atoms with Crippen molar-refractivity contribution in [1.29, 1.82) is 0 Å². The molecule has 0 fully saturated rings. The molecule has 7 nitrogen and oxygen atoms in total. The van der Waals surface area contributed by atoms with Gasteiger partial charge in [-0.1, -0.05) is 55.1 Å². The first kappa shape index (κ1) is 27.8. The molecule has 208 valence electrons. The summed E-state index contributed by atoms with van der Waals surface area (Å²) >= 11 is 0. The molecular weight excluding hydrogens is 510 g/mol. The Labute approximate surface area is 241 Å². The van der Waals surface area contributed by atoms with Gasteiger partial charge in [0, 0.05) is 49.2 Å². The predicted octanol–water partition coefficient (Wildman–Crippen LogP) is 6.57. The van der Waals surface area contributed by atoms with Crippen LogP contribution in [0.25, 0.3) is 11.3 Å². The fourth-order valence-electron chi connectivity index (χ4n) is 4.73.